The number of anilines is 1. The summed E-state index contributed by atoms with van der Waals surface area (Å²) in [4.78, 5) is 3.94. The van der Waals surface area contributed by atoms with Crippen LogP contribution in [0, 0.1) is 5.92 Å². The lowest BCUT2D eigenvalue weighted by molar-refractivity contribution is 0.494. The van der Waals surface area contributed by atoms with Crippen molar-refractivity contribution in [2.75, 3.05) is 5.32 Å². The van der Waals surface area contributed by atoms with Crippen molar-refractivity contribution in [1.82, 2.24) is 4.98 Å². The molecule has 0 aliphatic carbocycles. The molecular formula is C15H20N2O. The third-order valence-electron chi connectivity index (χ3n) is 3.47. The summed E-state index contributed by atoms with van der Waals surface area (Å²) in [5.41, 5.74) is 2.17. The first-order valence-electron chi connectivity index (χ1n) is 6.46. The molecule has 0 bridgehead atoms. The smallest absolute Gasteiger partial charge is 0.181 e. The molecule has 3 nitrogen and oxygen atoms in total. The Morgan fingerprint density at radius 3 is 2.83 bits per heavy atom. The van der Waals surface area contributed by atoms with Gasteiger partial charge in [0.25, 0.3) is 0 Å². The maximum absolute atomic E-state index is 5.31. The van der Waals surface area contributed by atoms with E-state index in [-0.39, 0.29) is 0 Å². The maximum atomic E-state index is 5.31. The Balaban J connectivity index is 2.13. The van der Waals surface area contributed by atoms with E-state index in [4.69, 9.17) is 4.42 Å². The third-order valence-corrected chi connectivity index (χ3v) is 3.47. The molecule has 0 aliphatic rings. The lowest BCUT2D eigenvalue weighted by atomic mass is 10.0. The third kappa shape index (κ3) is 2.92. The predicted molar refractivity (Wildman–Crippen MR) is 74.5 cm³/mol. The number of benzene rings is 1. The highest BCUT2D eigenvalue weighted by Gasteiger charge is 2.10. The van der Waals surface area contributed by atoms with Crippen LogP contribution in [-0.2, 0) is 0 Å². The van der Waals surface area contributed by atoms with Crippen LogP contribution in [0.25, 0.3) is 11.3 Å². The topological polar surface area (TPSA) is 38.1 Å². The van der Waals surface area contributed by atoms with Crippen molar-refractivity contribution in [3.05, 3.63) is 36.9 Å². The van der Waals surface area contributed by atoms with Gasteiger partial charge in [-0.25, -0.2) is 4.98 Å². The summed E-state index contributed by atoms with van der Waals surface area (Å²) in [6.07, 6.45) is 4.37. The first kappa shape index (κ1) is 12.7. The van der Waals surface area contributed by atoms with Gasteiger partial charge in [-0.2, -0.15) is 0 Å². The molecule has 0 radical (unpaired) electrons. The van der Waals surface area contributed by atoms with E-state index in [2.05, 4.69) is 43.2 Å². The quantitative estimate of drug-likeness (QED) is 0.857. The number of rotatable bonds is 5. The highest BCUT2D eigenvalue weighted by Crippen LogP contribution is 2.23. The summed E-state index contributed by atoms with van der Waals surface area (Å²) < 4.78 is 5.31. The molecule has 96 valence electrons. The van der Waals surface area contributed by atoms with Gasteiger partial charge in [-0.05, 0) is 25.0 Å². The molecule has 0 saturated heterocycles. The Morgan fingerprint density at radius 1 is 1.33 bits per heavy atom. The van der Waals surface area contributed by atoms with Crippen molar-refractivity contribution >= 4 is 5.69 Å². The van der Waals surface area contributed by atoms with Crippen LogP contribution in [0.4, 0.5) is 5.69 Å². The zero-order chi connectivity index (χ0) is 13.0. The Labute approximate surface area is 108 Å². The zero-order valence-electron chi connectivity index (χ0n) is 11.2. The lowest BCUT2D eigenvalue weighted by Crippen LogP contribution is -2.23. The van der Waals surface area contributed by atoms with Crippen LogP contribution in [-0.4, -0.2) is 11.0 Å². The molecule has 1 N–H and O–H groups in total. The van der Waals surface area contributed by atoms with Gasteiger partial charge in [-0.1, -0.05) is 32.4 Å². The predicted octanol–water partition coefficient (Wildman–Crippen LogP) is 4.19. The standard InChI is InChI=1S/C15H20N2O/c1-4-11(2)12(3)17-14-7-5-6-13(8-14)15-9-16-10-18-15/h5-12,17H,4H2,1-3H3. The van der Waals surface area contributed by atoms with Crippen molar-refractivity contribution in [1.29, 1.82) is 0 Å². The average Bonchev–Trinajstić information content (AvgIpc) is 2.92. The van der Waals surface area contributed by atoms with Crippen molar-refractivity contribution in [2.24, 2.45) is 5.92 Å². The van der Waals surface area contributed by atoms with Gasteiger partial charge in [0, 0.05) is 17.3 Å². The summed E-state index contributed by atoms with van der Waals surface area (Å²) in [6, 6.07) is 8.70. The van der Waals surface area contributed by atoms with Gasteiger partial charge in [-0.3, -0.25) is 0 Å². The Kier molecular flexibility index (Phi) is 4.03. The molecule has 2 atom stereocenters. The molecule has 1 aromatic carbocycles. The highest BCUT2D eigenvalue weighted by atomic mass is 16.3. The van der Waals surface area contributed by atoms with Crippen LogP contribution in [0.5, 0.6) is 0 Å². The first-order chi connectivity index (χ1) is 8.70. The van der Waals surface area contributed by atoms with Crippen LogP contribution < -0.4 is 5.32 Å². The lowest BCUT2D eigenvalue weighted by Gasteiger charge is -2.21. The summed E-state index contributed by atoms with van der Waals surface area (Å²) in [7, 11) is 0. The number of hydrogen-bond acceptors (Lipinski definition) is 3. The van der Waals surface area contributed by atoms with Gasteiger partial charge in [0.15, 0.2) is 12.2 Å². The summed E-state index contributed by atoms with van der Waals surface area (Å²) in [6.45, 7) is 6.70. The van der Waals surface area contributed by atoms with Gasteiger partial charge in [0.1, 0.15) is 0 Å². The Hall–Kier alpha value is -1.77. The van der Waals surface area contributed by atoms with E-state index in [1.165, 1.54) is 12.8 Å². The molecule has 1 aromatic heterocycles. The second-order valence-corrected chi connectivity index (χ2v) is 4.77. The van der Waals surface area contributed by atoms with E-state index in [0.717, 1.165) is 17.0 Å². The minimum atomic E-state index is 0.458. The monoisotopic (exact) mass is 244 g/mol. The van der Waals surface area contributed by atoms with Crippen LogP contribution in [0.2, 0.25) is 0 Å². The number of aromatic nitrogens is 1. The number of nitrogens with zero attached hydrogens (tertiary/aromatic N) is 1. The molecule has 2 unspecified atom stereocenters. The molecule has 2 aromatic rings. The van der Waals surface area contributed by atoms with Crippen molar-refractivity contribution in [3.8, 4) is 11.3 Å². The molecule has 0 amide bonds. The normalized spacial score (nSPS) is 14.2. The second kappa shape index (κ2) is 5.71. The Morgan fingerprint density at radius 2 is 2.17 bits per heavy atom. The maximum Gasteiger partial charge on any atom is 0.181 e. The van der Waals surface area contributed by atoms with E-state index in [9.17, 15) is 0 Å². The molecule has 2 rings (SSSR count). The molecule has 0 aliphatic heterocycles. The summed E-state index contributed by atoms with van der Waals surface area (Å²) in [5.74, 6) is 1.45. The number of hydrogen-bond donors (Lipinski definition) is 1. The first-order valence-corrected chi connectivity index (χ1v) is 6.46. The van der Waals surface area contributed by atoms with E-state index >= 15 is 0 Å². The van der Waals surface area contributed by atoms with E-state index in [1.54, 1.807) is 6.20 Å². The fourth-order valence-corrected chi connectivity index (χ4v) is 1.88. The van der Waals surface area contributed by atoms with Crippen molar-refractivity contribution in [3.63, 3.8) is 0 Å². The van der Waals surface area contributed by atoms with E-state index in [1.807, 2.05) is 12.1 Å². The molecule has 0 saturated carbocycles. The molecular weight excluding hydrogens is 224 g/mol. The minimum Gasteiger partial charge on any atom is -0.444 e. The van der Waals surface area contributed by atoms with Crippen molar-refractivity contribution < 1.29 is 4.42 Å². The fraction of sp³-hybridized carbons (Fsp3) is 0.400. The second-order valence-electron chi connectivity index (χ2n) is 4.77. The van der Waals surface area contributed by atoms with Gasteiger partial charge >= 0.3 is 0 Å². The van der Waals surface area contributed by atoms with Crippen LogP contribution in [0.1, 0.15) is 27.2 Å². The Bertz CT molecular complexity index is 479. The average molecular weight is 244 g/mol. The summed E-state index contributed by atoms with van der Waals surface area (Å²) >= 11 is 0. The van der Waals surface area contributed by atoms with E-state index < -0.39 is 0 Å². The zero-order valence-corrected chi connectivity index (χ0v) is 11.2. The number of oxazole rings is 1. The van der Waals surface area contributed by atoms with Gasteiger partial charge in [-0.15, -0.1) is 0 Å². The molecule has 18 heavy (non-hydrogen) atoms. The van der Waals surface area contributed by atoms with Gasteiger partial charge in [0.05, 0.1) is 6.20 Å². The summed E-state index contributed by atoms with van der Waals surface area (Å²) in [5, 5.41) is 3.53. The molecule has 1 heterocycles. The van der Waals surface area contributed by atoms with Crippen LogP contribution in [0.15, 0.2) is 41.3 Å². The SMILES string of the molecule is CCC(C)C(C)Nc1cccc(-c2cnco2)c1. The van der Waals surface area contributed by atoms with Crippen LogP contribution >= 0.6 is 0 Å². The minimum absolute atomic E-state index is 0.458. The molecule has 0 spiro atoms. The fourth-order valence-electron chi connectivity index (χ4n) is 1.88. The number of nitrogens with one attached hydrogen (secondary N) is 1. The highest BCUT2D eigenvalue weighted by molar-refractivity contribution is 5.63. The molecule has 3 heteroatoms. The van der Waals surface area contributed by atoms with Crippen LogP contribution in [0.3, 0.4) is 0 Å². The van der Waals surface area contributed by atoms with Gasteiger partial charge in [0.2, 0.25) is 0 Å². The largest absolute Gasteiger partial charge is 0.444 e. The molecule has 0 fully saturated rings. The van der Waals surface area contributed by atoms with Crippen molar-refractivity contribution in [2.45, 2.75) is 33.2 Å². The van der Waals surface area contributed by atoms with Gasteiger partial charge < -0.3 is 9.73 Å². The van der Waals surface area contributed by atoms with E-state index in [0.29, 0.717) is 12.0 Å².